The Morgan fingerprint density at radius 2 is 2.00 bits per heavy atom. The fourth-order valence-corrected chi connectivity index (χ4v) is 4.52. The predicted molar refractivity (Wildman–Crippen MR) is 99.1 cm³/mol. The second-order valence-electron chi connectivity index (χ2n) is 8.09. The third kappa shape index (κ3) is 3.11. The monoisotopic (exact) mass is 353 g/mol. The lowest BCUT2D eigenvalue weighted by atomic mass is 10.1. The number of rotatable bonds is 5. The molecule has 0 radical (unpaired) electrons. The van der Waals surface area contributed by atoms with E-state index in [4.69, 9.17) is 0 Å². The number of imidazole rings is 1. The summed E-state index contributed by atoms with van der Waals surface area (Å²) in [5, 5.41) is 4.66. The van der Waals surface area contributed by atoms with Crippen molar-refractivity contribution in [2.75, 3.05) is 6.54 Å². The molecule has 4 heterocycles. The van der Waals surface area contributed by atoms with Crippen molar-refractivity contribution in [2.24, 2.45) is 0 Å². The molecule has 0 N–H and O–H groups in total. The van der Waals surface area contributed by atoms with Gasteiger partial charge in [0.15, 0.2) is 0 Å². The van der Waals surface area contributed by atoms with Gasteiger partial charge >= 0.3 is 0 Å². The van der Waals surface area contributed by atoms with Crippen molar-refractivity contribution in [2.45, 2.75) is 76.5 Å². The van der Waals surface area contributed by atoms with Crippen molar-refractivity contribution < 1.29 is 0 Å². The maximum atomic E-state index is 12.3. The van der Waals surface area contributed by atoms with Crippen LogP contribution in [0.25, 0.3) is 0 Å². The first-order valence-electron chi connectivity index (χ1n) is 10.1. The minimum atomic E-state index is 0.0305. The van der Waals surface area contributed by atoms with Gasteiger partial charge in [-0.1, -0.05) is 0 Å². The Kier molecular flexibility index (Phi) is 4.15. The normalized spacial score (nSPS) is 23.3. The van der Waals surface area contributed by atoms with E-state index in [0.717, 1.165) is 38.2 Å². The van der Waals surface area contributed by atoms with Gasteiger partial charge in [0.2, 0.25) is 0 Å². The van der Waals surface area contributed by atoms with E-state index in [0.29, 0.717) is 18.5 Å². The van der Waals surface area contributed by atoms with E-state index >= 15 is 0 Å². The molecule has 2 aromatic rings. The zero-order chi connectivity index (χ0) is 17.5. The second kappa shape index (κ2) is 6.65. The molecule has 0 spiro atoms. The third-order valence-electron chi connectivity index (χ3n) is 6.18. The third-order valence-corrected chi connectivity index (χ3v) is 6.18. The molecule has 1 saturated heterocycles. The van der Waals surface area contributed by atoms with Gasteiger partial charge in [0.1, 0.15) is 5.82 Å². The molecule has 0 aromatic carbocycles. The summed E-state index contributed by atoms with van der Waals surface area (Å²) in [5.41, 5.74) is 2.46. The fourth-order valence-electron chi connectivity index (χ4n) is 4.52. The first kappa shape index (κ1) is 16.2. The van der Waals surface area contributed by atoms with Crippen LogP contribution in [0.15, 0.2) is 23.1 Å². The number of hydrogen-bond acceptors (Lipinski definition) is 4. The SMILES string of the molecule is O=c1ccc(C2CC2)nn1CC1CCCN1Cc1cnc2n1CCCC2. The summed E-state index contributed by atoms with van der Waals surface area (Å²) in [6, 6.07) is 4.01. The van der Waals surface area contributed by atoms with Crippen LogP contribution in [0, 0.1) is 0 Å². The largest absolute Gasteiger partial charge is 0.331 e. The van der Waals surface area contributed by atoms with Gasteiger partial charge in [-0.3, -0.25) is 9.69 Å². The van der Waals surface area contributed by atoms with E-state index < -0.39 is 0 Å². The van der Waals surface area contributed by atoms with Crippen LogP contribution < -0.4 is 5.56 Å². The highest BCUT2D eigenvalue weighted by atomic mass is 16.1. The smallest absolute Gasteiger partial charge is 0.266 e. The van der Waals surface area contributed by atoms with E-state index in [-0.39, 0.29) is 5.56 Å². The summed E-state index contributed by atoms with van der Waals surface area (Å²) in [6.45, 7) is 3.85. The summed E-state index contributed by atoms with van der Waals surface area (Å²) in [4.78, 5) is 19.4. The highest BCUT2D eigenvalue weighted by Crippen LogP contribution is 2.38. The van der Waals surface area contributed by atoms with Crippen LogP contribution in [0.2, 0.25) is 0 Å². The molecule has 2 aromatic heterocycles. The van der Waals surface area contributed by atoms with Crippen molar-refractivity contribution >= 4 is 0 Å². The number of fused-ring (bicyclic) bond motifs is 1. The van der Waals surface area contributed by atoms with Gasteiger partial charge in [0, 0.05) is 43.7 Å². The van der Waals surface area contributed by atoms with Gasteiger partial charge in [-0.15, -0.1) is 0 Å². The van der Waals surface area contributed by atoms with Gasteiger partial charge in [-0.05, 0) is 51.1 Å². The first-order valence-corrected chi connectivity index (χ1v) is 10.1. The summed E-state index contributed by atoms with van der Waals surface area (Å²) >= 11 is 0. The lowest BCUT2D eigenvalue weighted by Crippen LogP contribution is -2.37. The number of aryl methyl sites for hydroxylation is 1. The van der Waals surface area contributed by atoms with Crippen LogP contribution in [-0.4, -0.2) is 36.8 Å². The maximum Gasteiger partial charge on any atom is 0.266 e. The van der Waals surface area contributed by atoms with Crippen LogP contribution in [-0.2, 0) is 26.1 Å². The Labute approximate surface area is 153 Å². The zero-order valence-electron chi connectivity index (χ0n) is 15.3. The van der Waals surface area contributed by atoms with Crippen molar-refractivity contribution in [3.05, 3.63) is 45.9 Å². The van der Waals surface area contributed by atoms with Crippen molar-refractivity contribution in [1.29, 1.82) is 0 Å². The summed E-state index contributed by atoms with van der Waals surface area (Å²) in [7, 11) is 0. The molecular weight excluding hydrogens is 326 g/mol. The zero-order valence-corrected chi connectivity index (χ0v) is 15.3. The van der Waals surface area contributed by atoms with Crippen LogP contribution in [0.5, 0.6) is 0 Å². The molecular formula is C20H27N5O. The van der Waals surface area contributed by atoms with E-state index in [1.54, 1.807) is 10.7 Å². The predicted octanol–water partition coefficient (Wildman–Crippen LogP) is 2.32. The van der Waals surface area contributed by atoms with Crippen molar-refractivity contribution in [1.82, 2.24) is 24.2 Å². The van der Waals surface area contributed by atoms with Crippen molar-refractivity contribution in [3.8, 4) is 0 Å². The summed E-state index contributed by atoms with van der Waals surface area (Å²) in [6.07, 6.45) is 10.5. The molecule has 0 bridgehead atoms. The van der Waals surface area contributed by atoms with E-state index in [1.807, 2.05) is 6.07 Å². The first-order chi connectivity index (χ1) is 12.8. The van der Waals surface area contributed by atoms with Gasteiger partial charge in [-0.2, -0.15) is 5.10 Å². The standard InChI is InChI=1S/C20H27N5O/c26-20-9-8-18(15-6-7-15)22-25(20)14-16-4-3-10-23(16)13-17-12-21-19-5-1-2-11-24(17)19/h8-9,12,15-16H,1-7,10-11,13-14H2. The average Bonchev–Trinajstić information content (AvgIpc) is 3.30. The topological polar surface area (TPSA) is 56.0 Å². The molecule has 138 valence electrons. The summed E-state index contributed by atoms with van der Waals surface area (Å²) in [5.74, 6) is 1.83. The quantitative estimate of drug-likeness (QED) is 0.828. The van der Waals surface area contributed by atoms with E-state index in [1.165, 1.54) is 43.6 Å². The second-order valence-corrected chi connectivity index (χ2v) is 8.09. The van der Waals surface area contributed by atoms with Crippen LogP contribution in [0.3, 0.4) is 0 Å². The van der Waals surface area contributed by atoms with Crippen LogP contribution in [0.4, 0.5) is 0 Å². The highest BCUT2D eigenvalue weighted by Gasteiger charge is 2.29. The summed E-state index contributed by atoms with van der Waals surface area (Å²) < 4.78 is 4.12. The molecule has 1 unspecified atom stereocenters. The Hall–Kier alpha value is -1.95. The lowest BCUT2D eigenvalue weighted by Gasteiger charge is -2.26. The number of aromatic nitrogens is 4. The average molecular weight is 353 g/mol. The molecule has 1 aliphatic carbocycles. The van der Waals surface area contributed by atoms with Crippen LogP contribution >= 0.6 is 0 Å². The van der Waals surface area contributed by atoms with E-state index in [2.05, 4.69) is 25.7 Å². The molecule has 1 saturated carbocycles. The molecule has 26 heavy (non-hydrogen) atoms. The van der Waals surface area contributed by atoms with Gasteiger partial charge < -0.3 is 4.57 Å². The molecule has 5 rings (SSSR count). The van der Waals surface area contributed by atoms with Crippen LogP contribution in [0.1, 0.15) is 61.7 Å². The van der Waals surface area contributed by atoms with Crippen molar-refractivity contribution in [3.63, 3.8) is 0 Å². The Balaban J connectivity index is 1.32. The number of likely N-dealkylation sites (tertiary alicyclic amines) is 1. The number of hydrogen-bond donors (Lipinski definition) is 0. The minimum absolute atomic E-state index is 0.0305. The molecule has 3 aliphatic rings. The lowest BCUT2D eigenvalue weighted by molar-refractivity contribution is 0.210. The van der Waals surface area contributed by atoms with E-state index in [9.17, 15) is 4.79 Å². The number of nitrogens with zero attached hydrogens (tertiary/aromatic N) is 5. The van der Waals surface area contributed by atoms with Gasteiger partial charge in [0.05, 0.1) is 17.9 Å². The highest BCUT2D eigenvalue weighted by molar-refractivity contribution is 5.13. The fraction of sp³-hybridized carbons (Fsp3) is 0.650. The Bertz CT molecular complexity index is 850. The molecule has 6 heteroatoms. The Morgan fingerprint density at radius 3 is 2.88 bits per heavy atom. The molecule has 0 amide bonds. The molecule has 2 aliphatic heterocycles. The maximum absolute atomic E-state index is 12.3. The van der Waals surface area contributed by atoms with Gasteiger partial charge in [0.25, 0.3) is 5.56 Å². The van der Waals surface area contributed by atoms with Gasteiger partial charge in [-0.25, -0.2) is 9.67 Å². The minimum Gasteiger partial charge on any atom is -0.331 e. The molecule has 6 nitrogen and oxygen atoms in total. The molecule has 1 atom stereocenters. The Morgan fingerprint density at radius 1 is 1.08 bits per heavy atom. The molecule has 2 fully saturated rings.